The van der Waals surface area contributed by atoms with Crippen LogP contribution in [0.25, 0.3) is 0 Å². The molecule has 0 fully saturated rings. The van der Waals surface area contributed by atoms with E-state index in [0.29, 0.717) is 0 Å². The third kappa shape index (κ3) is 5.92. The van der Waals surface area contributed by atoms with E-state index >= 15 is 0 Å². The smallest absolute Gasteiger partial charge is 0.0592 e. The molecule has 0 bridgehead atoms. The van der Waals surface area contributed by atoms with Crippen molar-refractivity contribution in [3.05, 3.63) is 0 Å². The van der Waals surface area contributed by atoms with E-state index in [0.717, 1.165) is 13.0 Å². The van der Waals surface area contributed by atoms with Gasteiger partial charge in [0.15, 0.2) is 0 Å². The molecule has 0 aliphatic carbocycles. The summed E-state index contributed by atoms with van der Waals surface area (Å²) in [6.07, 6.45) is 2.32. The van der Waals surface area contributed by atoms with E-state index in [2.05, 4.69) is 17.2 Å². The number of nitrogens with zero attached hydrogens (tertiary/aromatic N) is 1. The fraction of sp³-hybridized carbons (Fsp3) is 1.00. The third-order valence-corrected chi connectivity index (χ3v) is 0.732. The minimum absolute atomic E-state index is 0.840. The van der Waals surface area contributed by atoms with E-state index in [-0.39, 0.29) is 0 Å². The summed E-state index contributed by atoms with van der Waals surface area (Å²) in [4.78, 5) is 4.47. The van der Waals surface area contributed by atoms with Crippen LogP contribution < -0.4 is 5.48 Å². The average molecular weight is 102 g/mol. The Morgan fingerprint density at radius 3 is 2.71 bits per heavy atom. The lowest BCUT2D eigenvalue weighted by molar-refractivity contribution is 0.0816. The number of hydroxylamine groups is 1. The highest BCUT2D eigenvalue weighted by molar-refractivity contribution is 4.31. The van der Waals surface area contributed by atoms with Crippen molar-refractivity contribution < 1.29 is 4.84 Å². The largest absolute Gasteiger partial charge is 0.285 e. The summed E-state index contributed by atoms with van der Waals surface area (Å²) >= 11 is 0. The quantitative estimate of drug-likeness (QED) is 0.383. The highest BCUT2D eigenvalue weighted by atomic mass is 16.6. The predicted octanol–water partition coefficient (Wildman–Crippen LogP) is 0.952. The van der Waals surface area contributed by atoms with Gasteiger partial charge >= 0.3 is 0 Å². The van der Waals surface area contributed by atoms with Gasteiger partial charge in [-0.2, -0.15) is 0 Å². The first-order valence-electron chi connectivity index (χ1n) is 2.61. The van der Waals surface area contributed by atoms with E-state index < -0.39 is 0 Å². The second-order valence-electron chi connectivity index (χ2n) is 1.39. The molecule has 0 aliphatic rings. The van der Waals surface area contributed by atoms with Gasteiger partial charge in [-0.15, -0.1) is 0 Å². The topological polar surface area (TPSA) is 23.3 Å². The number of hydrogen-bond acceptors (Lipinski definition) is 1. The second-order valence-corrected chi connectivity index (χ2v) is 1.39. The standard InChI is InChI=1S/C5H12NO/c1-3-4-5-6-7-2/h3-5H2,1-2H3. The lowest BCUT2D eigenvalue weighted by Crippen LogP contribution is -2.03. The van der Waals surface area contributed by atoms with E-state index in [1.807, 2.05) is 0 Å². The Morgan fingerprint density at radius 2 is 2.29 bits per heavy atom. The van der Waals surface area contributed by atoms with E-state index in [4.69, 9.17) is 0 Å². The van der Waals surface area contributed by atoms with Gasteiger partial charge < -0.3 is 0 Å². The third-order valence-electron chi connectivity index (χ3n) is 0.732. The molecule has 0 unspecified atom stereocenters. The molecule has 0 aliphatic heterocycles. The number of hydrogen-bond donors (Lipinski definition) is 0. The first-order valence-corrected chi connectivity index (χ1v) is 2.61. The van der Waals surface area contributed by atoms with Crippen molar-refractivity contribution in [2.24, 2.45) is 0 Å². The molecule has 0 saturated carbocycles. The van der Waals surface area contributed by atoms with Gasteiger partial charge in [0, 0.05) is 6.54 Å². The van der Waals surface area contributed by atoms with Gasteiger partial charge in [0.05, 0.1) is 7.11 Å². The molecule has 2 heteroatoms. The molecule has 0 N–H and O–H groups in total. The molecule has 0 saturated heterocycles. The molecular weight excluding hydrogens is 90.1 g/mol. The monoisotopic (exact) mass is 102 g/mol. The summed E-state index contributed by atoms with van der Waals surface area (Å²) in [6, 6.07) is 0. The minimum atomic E-state index is 0.840. The minimum Gasteiger partial charge on any atom is -0.285 e. The molecule has 0 aromatic rings. The molecule has 7 heavy (non-hydrogen) atoms. The summed E-state index contributed by atoms with van der Waals surface area (Å²) in [5, 5.41) is 0. The van der Waals surface area contributed by atoms with Crippen LogP contribution in [0, 0.1) is 0 Å². The van der Waals surface area contributed by atoms with Crippen molar-refractivity contribution >= 4 is 0 Å². The van der Waals surface area contributed by atoms with Crippen LogP contribution in [0.4, 0.5) is 0 Å². The summed E-state index contributed by atoms with van der Waals surface area (Å²) < 4.78 is 0. The van der Waals surface area contributed by atoms with Crippen molar-refractivity contribution in [3.63, 3.8) is 0 Å². The van der Waals surface area contributed by atoms with Crippen LogP contribution in [0.3, 0.4) is 0 Å². The summed E-state index contributed by atoms with van der Waals surface area (Å²) in [5.74, 6) is 0. The summed E-state index contributed by atoms with van der Waals surface area (Å²) in [6.45, 7) is 2.97. The normalized spacial score (nSPS) is 9.43. The molecule has 0 aromatic heterocycles. The van der Waals surface area contributed by atoms with E-state index in [9.17, 15) is 0 Å². The molecule has 0 spiro atoms. The van der Waals surface area contributed by atoms with Crippen molar-refractivity contribution in [1.82, 2.24) is 5.48 Å². The van der Waals surface area contributed by atoms with Crippen molar-refractivity contribution in [2.75, 3.05) is 13.7 Å². The van der Waals surface area contributed by atoms with Gasteiger partial charge in [0.2, 0.25) is 0 Å². The van der Waals surface area contributed by atoms with Gasteiger partial charge in [-0.25, -0.2) is 0 Å². The van der Waals surface area contributed by atoms with Crippen LogP contribution in [-0.4, -0.2) is 13.7 Å². The van der Waals surface area contributed by atoms with Crippen LogP contribution in [0.15, 0.2) is 0 Å². The maximum atomic E-state index is 4.47. The zero-order valence-corrected chi connectivity index (χ0v) is 4.98. The molecular formula is C5H12NO. The van der Waals surface area contributed by atoms with Crippen LogP contribution in [-0.2, 0) is 4.84 Å². The predicted molar refractivity (Wildman–Crippen MR) is 28.9 cm³/mol. The van der Waals surface area contributed by atoms with Crippen molar-refractivity contribution in [3.8, 4) is 0 Å². The second kappa shape index (κ2) is 5.92. The SMILES string of the molecule is CCCC[N]OC. The summed E-state index contributed by atoms with van der Waals surface area (Å²) in [5.41, 5.74) is 3.66. The Hall–Kier alpha value is -0.0800. The Labute approximate surface area is 44.8 Å². The Balaban J connectivity index is 2.45. The molecule has 0 aromatic carbocycles. The number of rotatable bonds is 4. The Morgan fingerprint density at radius 1 is 1.57 bits per heavy atom. The fourth-order valence-electron chi connectivity index (χ4n) is 0.314. The molecule has 43 valence electrons. The van der Waals surface area contributed by atoms with Crippen LogP contribution in [0.1, 0.15) is 19.8 Å². The Bertz CT molecular complexity index is 27.3. The molecule has 0 heterocycles. The van der Waals surface area contributed by atoms with Gasteiger partial charge in [-0.1, -0.05) is 18.8 Å². The van der Waals surface area contributed by atoms with Gasteiger partial charge in [0.1, 0.15) is 0 Å². The van der Waals surface area contributed by atoms with Crippen molar-refractivity contribution in [1.29, 1.82) is 0 Å². The maximum absolute atomic E-state index is 4.47. The van der Waals surface area contributed by atoms with E-state index in [1.54, 1.807) is 7.11 Å². The first-order chi connectivity index (χ1) is 3.41. The average Bonchev–Trinajstić information content (AvgIpc) is 1.69. The molecule has 2 nitrogen and oxygen atoms in total. The fourth-order valence-corrected chi connectivity index (χ4v) is 0.314. The van der Waals surface area contributed by atoms with Crippen molar-refractivity contribution in [2.45, 2.75) is 19.8 Å². The molecule has 1 radical (unpaired) electrons. The Kier molecular flexibility index (Phi) is 5.85. The van der Waals surface area contributed by atoms with Gasteiger partial charge in [0.25, 0.3) is 0 Å². The summed E-state index contributed by atoms with van der Waals surface area (Å²) in [7, 11) is 1.58. The molecule has 0 atom stereocenters. The lowest BCUT2D eigenvalue weighted by atomic mass is 10.3. The van der Waals surface area contributed by atoms with Crippen LogP contribution in [0.2, 0.25) is 0 Å². The first kappa shape index (κ1) is 6.92. The van der Waals surface area contributed by atoms with Crippen LogP contribution in [0.5, 0.6) is 0 Å². The highest BCUT2D eigenvalue weighted by Gasteiger charge is 1.80. The number of unbranched alkanes of at least 4 members (excludes halogenated alkanes) is 1. The lowest BCUT2D eigenvalue weighted by Gasteiger charge is -1.92. The maximum Gasteiger partial charge on any atom is 0.0592 e. The van der Waals surface area contributed by atoms with Crippen LogP contribution >= 0.6 is 0 Å². The highest BCUT2D eigenvalue weighted by Crippen LogP contribution is 1.81. The molecule has 0 amide bonds. The molecule has 0 rings (SSSR count). The zero-order chi connectivity index (χ0) is 5.54. The van der Waals surface area contributed by atoms with E-state index in [1.165, 1.54) is 6.42 Å². The van der Waals surface area contributed by atoms with Gasteiger partial charge in [-0.3, -0.25) is 4.84 Å². The van der Waals surface area contributed by atoms with Gasteiger partial charge in [-0.05, 0) is 6.42 Å². The zero-order valence-electron chi connectivity index (χ0n) is 4.98.